The predicted molar refractivity (Wildman–Crippen MR) is 103 cm³/mol. The van der Waals surface area contributed by atoms with Crippen LogP contribution in [0.1, 0.15) is 20.8 Å². The molecule has 0 aliphatic heterocycles. The van der Waals surface area contributed by atoms with Crippen LogP contribution < -0.4 is 16.6 Å². The zero-order chi connectivity index (χ0) is 20.1. The molecular weight excluding hydrogens is 390 g/mol. The van der Waals surface area contributed by atoms with Crippen molar-refractivity contribution in [2.45, 2.75) is 30.3 Å². The average molecular weight is 409 g/mol. The second-order valence-corrected chi connectivity index (χ2v) is 9.20. The molecule has 10 nitrogen and oxygen atoms in total. The number of nitrogens with one attached hydrogen (secondary N) is 1. The third-order valence-electron chi connectivity index (χ3n) is 3.92. The van der Waals surface area contributed by atoms with E-state index in [9.17, 15) is 14.4 Å². The SMILES string of the molecule is Cn1c(=O)c2c(nc(Sc3nnc(NC(=O)C(C)(C)C)s3)n2C)n(C)c1=O. The van der Waals surface area contributed by atoms with Crippen LogP contribution in [0.2, 0.25) is 0 Å². The molecule has 1 N–H and O–H groups in total. The van der Waals surface area contributed by atoms with Gasteiger partial charge in [-0.05, 0) is 11.8 Å². The molecule has 0 aliphatic carbocycles. The number of hydrogen-bond donors (Lipinski definition) is 1. The van der Waals surface area contributed by atoms with Crippen molar-refractivity contribution in [1.29, 1.82) is 0 Å². The van der Waals surface area contributed by atoms with Gasteiger partial charge < -0.3 is 9.88 Å². The van der Waals surface area contributed by atoms with Crippen LogP contribution in [0.3, 0.4) is 0 Å². The Morgan fingerprint density at radius 1 is 1.07 bits per heavy atom. The molecule has 3 heterocycles. The summed E-state index contributed by atoms with van der Waals surface area (Å²) >= 11 is 2.42. The highest BCUT2D eigenvalue weighted by molar-refractivity contribution is 8.01. The summed E-state index contributed by atoms with van der Waals surface area (Å²) in [4.78, 5) is 40.9. The standard InChI is InChI=1S/C15H19N7O3S2/c1-15(2,3)10(24)17-11-18-19-13(26-11)27-12-16-8-7(20(12)4)9(23)22(6)14(25)21(8)5/h1-6H3,(H,17,18,24). The lowest BCUT2D eigenvalue weighted by molar-refractivity contribution is -0.123. The zero-order valence-corrected chi connectivity index (χ0v) is 17.4. The van der Waals surface area contributed by atoms with Crippen molar-refractivity contribution < 1.29 is 4.79 Å². The molecule has 0 saturated carbocycles. The monoisotopic (exact) mass is 409 g/mol. The van der Waals surface area contributed by atoms with Crippen LogP contribution in [0.15, 0.2) is 19.1 Å². The van der Waals surface area contributed by atoms with Gasteiger partial charge in [0.1, 0.15) is 0 Å². The first kappa shape index (κ1) is 19.3. The van der Waals surface area contributed by atoms with Crippen LogP contribution >= 0.6 is 23.1 Å². The molecule has 144 valence electrons. The molecule has 0 bridgehead atoms. The third-order valence-corrected chi connectivity index (χ3v) is 5.86. The van der Waals surface area contributed by atoms with Crippen LogP contribution in [0, 0.1) is 5.41 Å². The van der Waals surface area contributed by atoms with E-state index in [2.05, 4.69) is 20.5 Å². The van der Waals surface area contributed by atoms with E-state index in [0.717, 1.165) is 4.57 Å². The van der Waals surface area contributed by atoms with Crippen LogP contribution in [-0.4, -0.2) is 34.8 Å². The Labute approximate surface area is 162 Å². The molecule has 0 atom stereocenters. The van der Waals surface area contributed by atoms with Gasteiger partial charge in [-0.15, -0.1) is 10.2 Å². The number of anilines is 1. The van der Waals surface area contributed by atoms with Crippen molar-refractivity contribution in [2.75, 3.05) is 5.32 Å². The molecular formula is C15H19N7O3S2. The van der Waals surface area contributed by atoms with Crippen LogP contribution in [0.4, 0.5) is 5.13 Å². The third kappa shape index (κ3) is 3.41. The summed E-state index contributed by atoms with van der Waals surface area (Å²) in [5.74, 6) is -0.156. The van der Waals surface area contributed by atoms with Gasteiger partial charge in [0, 0.05) is 26.6 Å². The minimum Gasteiger partial charge on any atom is -0.316 e. The number of aromatic nitrogens is 6. The van der Waals surface area contributed by atoms with E-state index in [0.29, 0.717) is 25.8 Å². The second-order valence-electron chi connectivity index (χ2n) is 7.01. The quantitative estimate of drug-likeness (QED) is 0.640. The molecule has 0 radical (unpaired) electrons. The Morgan fingerprint density at radius 3 is 2.37 bits per heavy atom. The molecule has 0 fully saturated rings. The average Bonchev–Trinajstić information content (AvgIpc) is 3.15. The molecule has 12 heteroatoms. The Kier molecular flexibility index (Phi) is 4.72. The van der Waals surface area contributed by atoms with Crippen molar-refractivity contribution in [3.8, 4) is 0 Å². The topological polar surface area (TPSA) is 117 Å². The fourth-order valence-corrected chi connectivity index (χ4v) is 3.95. The van der Waals surface area contributed by atoms with Gasteiger partial charge >= 0.3 is 5.69 Å². The number of carbonyl (C=O) groups excluding carboxylic acids is 1. The highest BCUT2D eigenvalue weighted by atomic mass is 32.2. The Balaban J connectivity index is 1.95. The molecule has 0 aromatic carbocycles. The summed E-state index contributed by atoms with van der Waals surface area (Å²) in [5.41, 5.74) is -0.761. The van der Waals surface area contributed by atoms with Crippen LogP contribution in [0.25, 0.3) is 11.2 Å². The number of carbonyl (C=O) groups is 1. The second kappa shape index (κ2) is 6.60. The lowest BCUT2D eigenvalue weighted by Crippen LogP contribution is -2.37. The molecule has 27 heavy (non-hydrogen) atoms. The zero-order valence-electron chi connectivity index (χ0n) is 15.7. The Morgan fingerprint density at radius 2 is 1.74 bits per heavy atom. The molecule has 3 aromatic heterocycles. The number of hydrogen-bond acceptors (Lipinski definition) is 8. The van der Waals surface area contributed by atoms with Gasteiger partial charge in [-0.3, -0.25) is 18.7 Å². The number of aryl methyl sites for hydroxylation is 2. The van der Waals surface area contributed by atoms with E-state index in [1.165, 1.54) is 34.7 Å². The van der Waals surface area contributed by atoms with Gasteiger partial charge in [-0.2, -0.15) is 0 Å². The highest BCUT2D eigenvalue weighted by Crippen LogP contribution is 2.32. The maximum absolute atomic E-state index is 12.4. The van der Waals surface area contributed by atoms with Gasteiger partial charge in [0.25, 0.3) is 5.56 Å². The Hall–Kier alpha value is -2.47. The van der Waals surface area contributed by atoms with Crippen LogP contribution in [-0.2, 0) is 25.9 Å². The molecule has 3 aromatic rings. The van der Waals surface area contributed by atoms with Gasteiger partial charge in [-0.1, -0.05) is 32.1 Å². The molecule has 1 amide bonds. The van der Waals surface area contributed by atoms with Crippen molar-refractivity contribution >= 4 is 45.3 Å². The first-order valence-corrected chi connectivity index (χ1v) is 9.59. The summed E-state index contributed by atoms with van der Waals surface area (Å²) in [6.45, 7) is 5.43. The molecule has 0 unspecified atom stereocenters. The van der Waals surface area contributed by atoms with E-state index in [1.807, 2.05) is 20.8 Å². The van der Waals surface area contributed by atoms with Crippen LogP contribution in [0.5, 0.6) is 0 Å². The summed E-state index contributed by atoms with van der Waals surface area (Å²) < 4.78 is 4.55. The van der Waals surface area contributed by atoms with E-state index in [-0.39, 0.29) is 5.91 Å². The number of nitrogens with zero attached hydrogens (tertiary/aromatic N) is 6. The maximum atomic E-state index is 12.4. The lowest BCUT2D eigenvalue weighted by Gasteiger charge is -2.15. The summed E-state index contributed by atoms with van der Waals surface area (Å²) in [7, 11) is 4.70. The van der Waals surface area contributed by atoms with Crippen molar-refractivity contribution in [3.63, 3.8) is 0 Å². The fourth-order valence-electron chi connectivity index (χ4n) is 2.25. The van der Waals surface area contributed by atoms with Crippen molar-refractivity contribution in [3.05, 3.63) is 20.8 Å². The first-order chi connectivity index (χ1) is 12.5. The smallest absolute Gasteiger partial charge is 0.316 e. The fraction of sp³-hybridized carbons (Fsp3) is 0.467. The molecule has 3 rings (SSSR count). The summed E-state index contributed by atoms with van der Waals surface area (Å²) in [6, 6.07) is 0. The number of imidazole rings is 1. The lowest BCUT2D eigenvalue weighted by atomic mass is 9.96. The van der Waals surface area contributed by atoms with E-state index in [4.69, 9.17) is 0 Å². The Bertz CT molecular complexity index is 1160. The van der Waals surface area contributed by atoms with Gasteiger partial charge in [0.05, 0.1) is 0 Å². The highest BCUT2D eigenvalue weighted by Gasteiger charge is 2.23. The van der Waals surface area contributed by atoms with Gasteiger partial charge in [-0.25, -0.2) is 9.78 Å². The molecule has 0 spiro atoms. The van der Waals surface area contributed by atoms with E-state index < -0.39 is 16.7 Å². The maximum Gasteiger partial charge on any atom is 0.332 e. The molecule has 0 aliphatic rings. The van der Waals surface area contributed by atoms with Gasteiger partial charge in [0.2, 0.25) is 11.0 Å². The predicted octanol–water partition coefficient (Wildman–Crippen LogP) is 0.958. The minimum absolute atomic E-state index is 0.156. The first-order valence-electron chi connectivity index (χ1n) is 7.96. The minimum atomic E-state index is -0.540. The number of amides is 1. The number of rotatable bonds is 3. The summed E-state index contributed by atoms with van der Waals surface area (Å²) in [6.07, 6.45) is 0. The van der Waals surface area contributed by atoms with Crippen molar-refractivity contribution in [2.24, 2.45) is 26.6 Å². The van der Waals surface area contributed by atoms with E-state index >= 15 is 0 Å². The number of fused-ring (bicyclic) bond motifs is 1. The molecule has 0 saturated heterocycles. The normalized spacial score (nSPS) is 11.9. The van der Waals surface area contributed by atoms with Gasteiger partial charge in [0.15, 0.2) is 20.7 Å². The van der Waals surface area contributed by atoms with E-state index in [1.54, 1.807) is 18.7 Å². The largest absolute Gasteiger partial charge is 0.332 e. The summed E-state index contributed by atoms with van der Waals surface area (Å²) in [5, 5.41) is 11.6. The van der Waals surface area contributed by atoms with Crippen molar-refractivity contribution in [1.82, 2.24) is 28.9 Å².